The topological polar surface area (TPSA) is 63.6 Å². The van der Waals surface area contributed by atoms with Gasteiger partial charge in [-0.05, 0) is 71.2 Å². The molecule has 0 bridgehead atoms. The van der Waals surface area contributed by atoms with Crippen LogP contribution in [0.4, 0.5) is 11.4 Å². The third kappa shape index (κ3) is 11.1. The number of nitrogens with two attached hydrogens (primary N) is 1. The van der Waals surface area contributed by atoms with Crippen LogP contribution >= 0.6 is 0 Å². The first-order chi connectivity index (χ1) is 23.6. The first kappa shape index (κ1) is 39.6. The second kappa shape index (κ2) is 21.3. The van der Waals surface area contributed by atoms with Crippen LogP contribution in [-0.4, -0.2) is 12.3 Å². The second-order valence-corrected chi connectivity index (χ2v) is 11.5. The van der Waals surface area contributed by atoms with Crippen molar-refractivity contribution in [3.8, 4) is 11.1 Å². The van der Waals surface area contributed by atoms with Crippen LogP contribution in [0.3, 0.4) is 0 Å². The maximum atomic E-state index is 10.8. The van der Waals surface area contributed by atoms with Gasteiger partial charge in [-0.15, -0.1) is 12.7 Å². The van der Waals surface area contributed by atoms with Gasteiger partial charge in [0.2, 0.25) is 0 Å². The molecule has 0 heterocycles. The first-order valence-corrected chi connectivity index (χ1v) is 17.2. The van der Waals surface area contributed by atoms with Crippen LogP contribution < -0.4 is 10.8 Å². The third-order valence-electron chi connectivity index (χ3n) is 8.32. The molecule has 2 aliphatic carbocycles. The standard InChI is InChI=1S/C26H26N3O.C16H18.C2H6.Y/c1-28-26-23(13-8-14-24(26)29(30)22-11-6-3-7-12-22)19-15-17-21(18-16-19)25(27)20-9-4-2-5-10-20;1-2-3-7-14-10-12-16(13-11-14)15-8-5-4-6-9-15;1-2;/h2,4-6,8-18,25,30H,3,7,27H2,1H3;3-8,10-13,15H,2,9H2,1H3;1-2H3;/q-1;;;/b;7-3+;;. The molecular formula is C44H50N3OY-. The predicted molar refractivity (Wildman–Crippen MR) is 207 cm³/mol. The molecule has 4 aromatic rings. The fourth-order valence-corrected chi connectivity index (χ4v) is 5.72. The van der Waals surface area contributed by atoms with Crippen molar-refractivity contribution < 1.29 is 37.9 Å². The summed E-state index contributed by atoms with van der Waals surface area (Å²) in [7, 11) is 1.75. The summed E-state index contributed by atoms with van der Waals surface area (Å²) in [5, 5.41) is 16.5. The average Bonchev–Trinajstić information content (AvgIpc) is 3.18. The van der Waals surface area contributed by atoms with Crippen LogP contribution in [0.25, 0.3) is 22.5 Å². The van der Waals surface area contributed by atoms with Gasteiger partial charge >= 0.3 is 0 Å². The summed E-state index contributed by atoms with van der Waals surface area (Å²) in [6, 6.07) is 32.9. The first-order valence-electron chi connectivity index (χ1n) is 17.2. The summed E-state index contributed by atoms with van der Waals surface area (Å²) in [4.78, 5) is 0. The van der Waals surface area contributed by atoms with Gasteiger partial charge in [0.15, 0.2) is 0 Å². The van der Waals surface area contributed by atoms with Crippen LogP contribution in [0, 0.1) is 0 Å². The van der Waals surface area contributed by atoms with E-state index in [4.69, 9.17) is 5.73 Å². The molecule has 1 radical (unpaired) electrons. The summed E-state index contributed by atoms with van der Waals surface area (Å²) in [5.74, 6) is 0.564. The number of hydrogen-bond acceptors (Lipinski definition) is 3. The average molecular weight is 726 g/mol. The molecule has 0 amide bonds. The molecule has 2 atom stereocenters. The summed E-state index contributed by atoms with van der Waals surface area (Å²) in [5.41, 5.74) is 15.5. The summed E-state index contributed by atoms with van der Waals surface area (Å²) < 4.78 is 0. The van der Waals surface area contributed by atoms with Crippen LogP contribution in [0.2, 0.25) is 0 Å². The Bertz CT molecular complexity index is 1700. The van der Waals surface area contributed by atoms with E-state index in [1.54, 1.807) is 7.05 Å². The van der Waals surface area contributed by atoms with Crippen molar-refractivity contribution in [3.05, 3.63) is 179 Å². The monoisotopic (exact) mass is 725 g/mol. The maximum absolute atomic E-state index is 10.8. The van der Waals surface area contributed by atoms with E-state index in [1.165, 1.54) is 16.2 Å². The van der Waals surface area contributed by atoms with E-state index in [9.17, 15) is 5.21 Å². The van der Waals surface area contributed by atoms with Gasteiger partial charge in [0.05, 0.1) is 17.4 Å². The Morgan fingerprint density at radius 3 is 2.18 bits per heavy atom. The van der Waals surface area contributed by atoms with Crippen molar-refractivity contribution in [2.45, 2.75) is 58.4 Å². The summed E-state index contributed by atoms with van der Waals surface area (Å²) >= 11 is 0. The van der Waals surface area contributed by atoms with Crippen LogP contribution in [0.15, 0.2) is 151 Å². The van der Waals surface area contributed by atoms with Crippen molar-refractivity contribution in [2.75, 3.05) is 12.1 Å². The van der Waals surface area contributed by atoms with Gasteiger partial charge in [0.1, 0.15) is 0 Å². The van der Waals surface area contributed by atoms with E-state index in [-0.39, 0.29) is 38.8 Å². The van der Waals surface area contributed by atoms with Gasteiger partial charge in [-0.1, -0.05) is 160 Å². The van der Waals surface area contributed by atoms with Gasteiger partial charge in [-0.3, -0.25) is 5.21 Å². The molecule has 2 aliphatic rings. The van der Waals surface area contributed by atoms with E-state index in [0.29, 0.717) is 11.6 Å². The van der Waals surface area contributed by atoms with Gasteiger partial charge in [-0.2, -0.15) is 0 Å². The Balaban J connectivity index is 0.000000290. The smallest absolute Gasteiger partial charge is 0.0649 e. The minimum absolute atomic E-state index is 0. The normalized spacial score (nSPS) is 15.1. The van der Waals surface area contributed by atoms with E-state index in [0.717, 1.165) is 59.3 Å². The van der Waals surface area contributed by atoms with Crippen molar-refractivity contribution in [1.82, 2.24) is 0 Å². The third-order valence-corrected chi connectivity index (χ3v) is 8.32. The van der Waals surface area contributed by atoms with Crippen molar-refractivity contribution in [2.24, 2.45) is 5.73 Å². The zero-order valence-electron chi connectivity index (χ0n) is 29.4. The number of rotatable bonds is 9. The number of para-hydroxylation sites is 1. The van der Waals surface area contributed by atoms with Gasteiger partial charge in [-0.25, -0.2) is 5.06 Å². The molecule has 0 spiro atoms. The van der Waals surface area contributed by atoms with Crippen molar-refractivity contribution in [3.63, 3.8) is 0 Å². The van der Waals surface area contributed by atoms with Crippen molar-refractivity contribution >= 4 is 17.5 Å². The van der Waals surface area contributed by atoms with Gasteiger partial charge in [0.25, 0.3) is 0 Å². The zero-order valence-corrected chi connectivity index (χ0v) is 32.3. The number of allylic oxidation sites excluding steroid dienone is 8. The molecule has 4 aromatic carbocycles. The quantitative estimate of drug-likeness (QED) is 0.169. The van der Waals surface area contributed by atoms with E-state index < -0.39 is 0 Å². The molecule has 49 heavy (non-hydrogen) atoms. The maximum Gasteiger partial charge on any atom is 0.0649 e. The van der Waals surface area contributed by atoms with Crippen LogP contribution in [0.5, 0.6) is 0 Å². The number of hydrogen-bond donors (Lipinski definition) is 2. The number of benzene rings is 4. The minimum atomic E-state index is -0.167. The fraction of sp³-hybridized carbons (Fsp3) is 0.227. The molecule has 0 fully saturated rings. The SMILES string of the molecule is CC.CC/C=C/c1ccc(C2C=CC=CC2)cc1.C[N-]c1c(-c2ccc(C(N)c3ccccc3)cc2)cccc1N(O)C1=CCCC=C1.[Y]. The minimum Gasteiger partial charge on any atom is -0.685 e. The Morgan fingerprint density at radius 2 is 1.57 bits per heavy atom. The number of anilines is 1. The molecule has 4 nitrogen and oxygen atoms in total. The molecule has 6 rings (SSSR count). The molecule has 251 valence electrons. The molecule has 5 heteroatoms. The molecule has 0 aromatic heterocycles. The molecular weight excluding hydrogens is 675 g/mol. The Labute approximate surface area is 319 Å². The number of hydroxylamine groups is 1. The molecule has 3 N–H and O–H groups in total. The predicted octanol–water partition coefficient (Wildman–Crippen LogP) is 12.2. The molecule has 0 saturated heterocycles. The molecule has 0 saturated carbocycles. The van der Waals surface area contributed by atoms with Crippen LogP contribution in [0.1, 0.15) is 80.7 Å². The Morgan fingerprint density at radius 1 is 0.857 bits per heavy atom. The van der Waals surface area contributed by atoms with E-state index >= 15 is 0 Å². The Kier molecular flexibility index (Phi) is 17.3. The molecule has 2 unspecified atom stereocenters. The zero-order chi connectivity index (χ0) is 34.1. The van der Waals surface area contributed by atoms with Crippen LogP contribution in [-0.2, 0) is 32.7 Å². The van der Waals surface area contributed by atoms with Gasteiger partial charge in [0, 0.05) is 38.6 Å². The summed E-state index contributed by atoms with van der Waals surface area (Å²) in [6.07, 6.45) is 23.3. The van der Waals surface area contributed by atoms with Crippen molar-refractivity contribution in [1.29, 1.82) is 0 Å². The largest absolute Gasteiger partial charge is 0.685 e. The van der Waals surface area contributed by atoms with E-state index in [2.05, 4.69) is 103 Å². The summed E-state index contributed by atoms with van der Waals surface area (Å²) in [6.45, 7) is 6.16. The fourth-order valence-electron chi connectivity index (χ4n) is 5.72. The van der Waals surface area contributed by atoms with Gasteiger partial charge < -0.3 is 11.1 Å². The molecule has 0 aliphatic heterocycles. The number of nitrogens with zero attached hydrogens (tertiary/aromatic N) is 2. The second-order valence-electron chi connectivity index (χ2n) is 11.5. The van der Waals surface area contributed by atoms with E-state index in [1.807, 2.05) is 74.5 Å². The Hall–Kier alpha value is -3.80.